The summed E-state index contributed by atoms with van der Waals surface area (Å²) in [7, 11) is 0. The number of nitrogens with zero attached hydrogens (tertiary/aromatic N) is 2. The average molecular weight is 425 g/mol. The van der Waals surface area contributed by atoms with Gasteiger partial charge in [-0.1, -0.05) is 37.6 Å². The van der Waals surface area contributed by atoms with Crippen molar-refractivity contribution in [3.8, 4) is 0 Å². The fourth-order valence-electron chi connectivity index (χ4n) is 2.70. The molecule has 30 heavy (non-hydrogen) atoms. The van der Waals surface area contributed by atoms with Gasteiger partial charge in [-0.05, 0) is 59.5 Å². The summed E-state index contributed by atoms with van der Waals surface area (Å²) in [5.41, 5.74) is 3.13. The molecule has 0 aliphatic heterocycles. The molecular weight excluding hydrogens is 403 g/mol. The lowest BCUT2D eigenvalue weighted by molar-refractivity contribution is 0.0977. The second kappa shape index (κ2) is 9.98. The maximum absolute atomic E-state index is 13.4. The van der Waals surface area contributed by atoms with E-state index in [1.54, 1.807) is 12.4 Å². The Bertz CT molecular complexity index is 1050. The fraction of sp³-hybridized carbons (Fsp3) is 0.174. The maximum Gasteiger partial charge on any atom is 0.258 e. The van der Waals surface area contributed by atoms with E-state index in [1.807, 2.05) is 36.4 Å². The Morgan fingerprint density at radius 2 is 1.90 bits per heavy atom. The van der Waals surface area contributed by atoms with Crippen molar-refractivity contribution in [1.82, 2.24) is 10.3 Å². The van der Waals surface area contributed by atoms with Gasteiger partial charge < -0.3 is 5.32 Å². The van der Waals surface area contributed by atoms with Crippen molar-refractivity contribution in [3.05, 3.63) is 94.5 Å². The first-order valence-corrected chi connectivity index (χ1v) is 9.87. The highest BCUT2D eigenvalue weighted by Gasteiger charge is 2.12. The van der Waals surface area contributed by atoms with E-state index >= 15 is 0 Å². The first kappa shape index (κ1) is 21.5. The number of nitrogens with one attached hydrogen (secondary N) is 2. The molecule has 1 heterocycles. The van der Waals surface area contributed by atoms with Crippen LogP contribution in [0.4, 0.5) is 10.1 Å². The molecule has 0 spiro atoms. The molecule has 3 rings (SSSR count). The lowest BCUT2D eigenvalue weighted by Gasteiger charge is -2.14. The van der Waals surface area contributed by atoms with E-state index in [4.69, 9.17) is 11.6 Å². The number of carbonyl (C=O) groups is 1. The van der Waals surface area contributed by atoms with Crippen LogP contribution < -0.4 is 10.6 Å². The monoisotopic (exact) mass is 424 g/mol. The smallest absolute Gasteiger partial charge is 0.258 e. The molecule has 0 saturated carbocycles. The number of benzene rings is 2. The molecule has 0 bridgehead atoms. The van der Waals surface area contributed by atoms with Crippen LogP contribution >= 0.6 is 11.6 Å². The van der Waals surface area contributed by atoms with E-state index < -0.39 is 11.7 Å². The van der Waals surface area contributed by atoms with Crippen molar-refractivity contribution >= 4 is 29.2 Å². The molecule has 3 aromatic rings. The molecule has 5 nitrogen and oxygen atoms in total. The third-order valence-electron chi connectivity index (χ3n) is 4.40. The van der Waals surface area contributed by atoms with Gasteiger partial charge in [0.1, 0.15) is 5.82 Å². The topological polar surface area (TPSA) is 66.4 Å². The minimum Gasteiger partial charge on any atom is -0.326 e. The molecule has 0 aliphatic carbocycles. The molecule has 154 valence electrons. The highest BCUT2D eigenvalue weighted by atomic mass is 35.5. The Morgan fingerprint density at radius 3 is 2.60 bits per heavy atom. The summed E-state index contributed by atoms with van der Waals surface area (Å²) in [6.45, 7) is 4.56. The van der Waals surface area contributed by atoms with Crippen molar-refractivity contribution in [1.29, 1.82) is 0 Å². The summed E-state index contributed by atoms with van der Waals surface area (Å²) in [6, 6.07) is 15.4. The second-order valence-corrected chi connectivity index (χ2v) is 7.42. The molecule has 0 aliphatic rings. The number of carbonyl (C=O) groups excluding carboxylic acids is 1. The molecule has 2 aromatic carbocycles. The third-order valence-corrected chi connectivity index (χ3v) is 4.69. The number of rotatable bonds is 5. The normalized spacial score (nSPS) is 11.4. The van der Waals surface area contributed by atoms with E-state index in [2.05, 4.69) is 34.5 Å². The minimum absolute atomic E-state index is 0.115. The Hall–Kier alpha value is -3.25. The van der Waals surface area contributed by atoms with Crippen LogP contribution in [0.15, 0.2) is 72.0 Å². The van der Waals surface area contributed by atoms with Crippen LogP contribution in [0.3, 0.4) is 0 Å². The number of aromatic nitrogens is 1. The second-order valence-electron chi connectivity index (χ2n) is 7.01. The van der Waals surface area contributed by atoms with Gasteiger partial charge in [0.05, 0.1) is 11.6 Å². The van der Waals surface area contributed by atoms with Crippen LogP contribution in [0.5, 0.6) is 0 Å². The summed E-state index contributed by atoms with van der Waals surface area (Å²) < 4.78 is 13.4. The predicted molar refractivity (Wildman–Crippen MR) is 118 cm³/mol. The van der Waals surface area contributed by atoms with Crippen LogP contribution in [0.2, 0.25) is 5.02 Å². The number of guanidine groups is 1. The molecule has 0 radical (unpaired) electrons. The number of anilines is 1. The first-order valence-electron chi connectivity index (χ1n) is 9.49. The molecule has 2 N–H and O–H groups in total. The van der Waals surface area contributed by atoms with Crippen LogP contribution in [0.1, 0.15) is 41.3 Å². The zero-order valence-corrected chi connectivity index (χ0v) is 17.4. The highest BCUT2D eigenvalue weighted by molar-refractivity contribution is 6.31. The van der Waals surface area contributed by atoms with E-state index in [0.29, 0.717) is 12.5 Å². The van der Waals surface area contributed by atoms with Gasteiger partial charge in [0.15, 0.2) is 0 Å². The van der Waals surface area contributed by atoms with Crippen LogP contribution in [-0.4, -0.2) is 16.9 Å². The van der Waals surface area contributed by atoms with Gasteiger partial charge in [-0.3, -0.25) is 15.1 Å². The zero-order valence-electron chi connectivity index (χ0n) is 16.7. The van der Waals surface area contributed by atoms with Crippen molar-refractivity contribution < 1.29 is 9.18 Å². The molecular formula is C23H22ClFN4O. The molecule has 1 aromatic heterocycles. The largest absolute Gasteiger partial charge is 0.326 e. The van der Waals surface area contributed by atoms with Crippen LogP contribution in [-0.2, 0) is 6.54 Å². The Balaban J connectivity index is 1.84. The lowest BCUT2D eigenvalue weighted by Crippen LogP contribution is -2.36. The van der Waals surface area contributed by atoms with Crippen molar-refractivity contribution in [3.63, 3.8) is 0 Å². The predicted octanol–water partition coefficient (Wildman–Crippen LogP) is 5.40. The van der Waals surface area contributed by atoms with Gasteiger partial charge in [0, 0.05) is 23.6 Å². The summed E-state index contributed by atoms with van der Waals surface area (Å²) in [5.74, 6) is -0.389. The summed E-state index contributed by atoms with van der Waals surface area (Å²) >= 11 is 5.81. The molecule has 0 atom stereocenters. The van der Waals surface area contributed by atoms with Gasteiger partial charge in [0.25, 0.3) is 5.91 Å². The van der Waals surface area contributed by atoms with Crippen molar-refractivity contribution in [2.75, 3.05) is 5.32 Å². The summed E-state index contributed by atoms with van der Waals surface area (Å²) in [5, 5.41) is 5.80. The number of pyridine rings is 1. The Kier molecular flexibility index (Phi) is 7.14. The molecule has 0 unspecified atom stereocenters. The highest BCUT2D eigenvalue weighted by Crippen LogP contribution is 2.19. The third kappa shape index (κ3) is 5.87. The fourth-order valence-corrected chi connectivity index (χ4v) is 2.88. The summed E-state index contributed by atoms with van der Waals surface area (Å²) in [4.78, 5) is 21.2. The minimum atomic E-state index is -0.580. The summed E-state index contributed by atoms with van der Waals surface area (Å²) in [6.07, 6.45) is 3.37. The van der Waals surface area contributed by atoms with E-state index in [9.17, 15) is 9.18 Å². The molecule has 0 fully saturated rings. The number of halogens is 2. The Labute approximate surface area is 180 Å². The Morgan fingerprint density at radius 1 is 1.13 bits per heavy atom. The number of aliphatic imine (C=N–C) groups is 1. The zero-order chi connectivity index (χ0) is 21.5. The van der Waals surface area contributed by atoms with Gasteiger partial charge in [-0.15, -0.1) is 0 Å². The van der Waals surface area contributed by atoms with E-state index in [-0.39, 0.29) is 16.5 Å². The van der Waals surface area contributed by atoms with E-state index in [1.165, 1.54) is 12.1 Å². The number of amides is 1. The maximum atomic E-state index is 13.4. The van der Waals surface area contributed by atoms with Crippen molar-refractivity contribution in [2.24, 2.45) is 4.99 Å². The van der Waals surface area contributed by atoms with E-state index in [0.717, 1.165) is 22.9 Å². The first-order chi connectivity index (χ1) is 14.4. The molecule has 7 heteroatoms. The van der Waals surface area contributed by atoms with Crippen LogP contribution in [0, 0.1) is 5.82 Å². The molecule has 0 saturated heterocycles. The van der Waals surface area contributed by atoms with Gasteiger partial charge >= 0.3 is 0 Å². The molecule has 1 amide bonds. The van der Waals surface area contributed by atoms with Gasteiger partial charge in [0.2, 0.25) is 5.96 Å². The average Bonchev–Trinajstić information content (AvgIpc) is 2.75. The standard InChI is InChI=1S/C23H22ClFN4O/c1-15(2)17-4-3-5-19(12-17)28-23(27-14-16-8-10-26-11-9-16)29-22(30)18-6-7-21(25)20(24)13-18/h3-13,15H,14H2,1-2H3,(H2,27,28,29,30). The number of hydrogen-bond acceptors (Lipinski definition) is 3. The quantitative estimate of drug-likeness (QED) is 0.426. The SMILES string of the molecule is CC(C)c1cccc(NC(=NCc2ccncc2)NC(=O)c2ccc(F)c(Cl)c2)c1. The van der Waals surface area contributed by atoms with Crippen molar-refractivity contribution in [2.45, 2.75) is 26.3 Å². The van der Waals surface area contributed by atoms with Crippen LogP contribution in [0.25, 0.3) is 0 Å². The number of hydrogen-bond donors (Lipinski definition) is 2. The van der Waals surface area contributed by atoms with Gasteiger partial charge in [-0.25, -0.2) is 9.38 Å². The lowest BCUT2D eigenvalue weighted by atomic mass is 10.0. The van der Waals surface area contributed by atoms with Gasteiger partial charge in [-0.2, -0.15) is 0 Å².